The number of halogens is 1. The zero-order valence-corrected chi connectivity index (χ0v) is 19.2. The van der Waals surface area contributed by atoms with Gasteiger partial charge < -0.3 is 20.7 Å². The number of aliphatic imine (C=N–C) groups is 1. The van der Waals surface area contributed by atoms with E-state index in [1.54, 1.807) is 0 Å². The Balaban J connectivity index is 0.00000300. The summed E-state index contributed by atoms with van der Waals surface area (Å²) in [4.78, 5) is 16.1. The molecule has 1 aliphatic rings. The lowest BCUT2D eigenvalue weighted by atomic mass is 10.1. The highest BCUT2D eigenvalue weighted by molar-refractivity contribution is 14.0. The van der Waals surface area contributed by atoms with E-state index in [-0.39, 0.29) is 35.9 Å². The molecule has 2 aromatic rings. The Morgan fingerprint density at radius 3 is 2.79 bits per heavy atom. The number of nitrogens with zero attached hydrogens (tertiary/aromatic N) is 1. The number of carbonyl (C=O) groups is 1. The summed E-state index contributed by atoms with van der Waals surface area (Å²) in [5.41, 5.74) is 2.17. The van der Waals surface area contributed by atoms with Crippen LogP contribution in [0.3, 0.4) is 0 Å². The van der Waals surface area contributed by atoms with E-state index in [0.29, 0.717) is 19.5 Å². The van der Waals surface area contributed by atoms with Gasteiger partial charge in [-0.2, -0.15) is 0 Å². The lowest BCUT2D eigenvalue weighted by Gasteiger charge is -2.25. The zero-order valence-electron chi connectivity index (χ0n) is 16.9. The summed E-state index contributed by atoms with van der Waals surface area (Å²) in [6.07, 6.45) is 1.35. The van der Waals surface area contributed by atoms with Gasteiger partial charge in [0.2, 0.25) is 5.91 Å². The first-order valence-electron chi connectivity index (χ1n) is 9.78. The third-order valence-corrected chi connectivity index (χ3v) is 4.55. The van der Waals surface area contributed by atoms with Gasteiger partial charge in [0.1, 0.15) is 11.5 Å². The molecule has 1 aliphatic heterocycles. The second-order valence-corrected chi connectivity index (χ2v) is 6.91. The van der Waals surface area contributed by atoms with Crippen molar-refractivity contribution in [3.8, 4) is 11.5 Å². The van der Waals surface area contributed by atoms with Crippen molar-refractivity contribution in [2.24, 2.45) is 4.99 Å². The average Bonchev–Trinajstić information content (AvgIpc) is 2.69. The molecule has 29 heavy (non-hydrogen) atoms. The largest absolute Gasteiger partial charge is 0.457 e. The van der Waals surface area contributed by atoms with E-state index in [9.17, 15) is 4.79 Å². The lowest BCUT2D eigenvalue weighted by molar-refractivity contribution is -0.122. The predicted octanol–water partition coefficient (Wildman–Crippen LogP) is 3.74. The Kier molecular flexibility index (Phi) is 9.24. The fraction of sp³-hybridized carbons (Fsp3) is 0.364. The Bertz CT molecular complexity index is 831. The first-order chi connectivity index (χ1) is 13.6. The monoisotopic (exact) mass is 508 g/mol. The minimum absolute atomic E-state index is 0. The normalized spacial score (nSPS) is 16.4. The molecule has 7 heteroatoms. The van der Waals surface area contributed by atoms with Crippen molar-refractivity contribution in [3.05, 3.63) is 59.7 Å². The lowest BCUT2D eigenvalue weighted by Crippen LogP contribution is -2.51. The van der Waals surface area contributed by atoms with Crippen LogP contribution in [0.5, 0.6) is 11.5 Å². The van der Waals surface area contributed by atoms with Gasteiger partial charge in [-0.15, -0.1) is 24.0 Å². The highest BCUT2D eigenvalue weighted by Gasteiger charge is 2.18. The Hall–Kier alpha value is -2.29. The standard InChI is InChI=1S/C22H28N4O2.HI/c1-3-23-22(26-18-11-12-21(27)24-15-18)25-14-17-8-4-5-10-20(17)28-19-9-6-7-16(2)13-19;/h4-10,13,18H,3,11-12,14-15H2,1-2H3,(H,24,27)(H2,23,25,26);1H. The molecule has 0 aliphatic carbocycles. The van der Waals surface area contributed by atoms with Gasteiger partial charge in [-0.3, -0.25) is 4.79 Å². The van der Waals surface area contributed by atoms with Crippen molar-refractivity contribution in [3.63, 3.8) is 0 Å². The molecule has 6 nitrogen and oxygen atoms in total. The maximum Gasteiger partial charge on any atom is 0.220 e. The Labute approximate surface area is 189 Å². The summed E-state index contributed by atoms with van der Waals surface area (Å²) in [5.74, 6) is 2.48. The third kappa shape index (κ3) is 7.23. The summed E-state index contributed by atoms with van der Waals surface area (Å²) in [6.45, 7) is 5.97. The minimum atomic E-state index is 0. The number of guanidine groups is 1. The molecule has 0 radical (unpaired) electrons. The van der Waals surface area contributed by atoms with Gasteiger partial charge in [0.25, 0.3) is 0 Å². The molecular formula is C22H29IN4O2. The first kappa shape index (κ1) is 23.0. The molecule has 1 saturated heterocycles. The molecule has 1 unspecified atom stereocenters. The topological polar surface area (TPSA) is 74.8 Å². The maximum atomic E-state index is 11.3. The van der Waals surface area contributed by atoms with Crippen LogP contribution < -0.4 is 20.7 Å². The summed E-state index contributed by atoms with van der Waals surface area (Å²) >= 11 is 0. The van der Waals surface area contributed by atoms with Gasteiger partial charge in [-0.1, -0.05) is 30.3 Å². The molecule has 3 N–H and O–H groups in total. The van der Waals surface area contributed by atoms with Crippen molar-refractivity contribution in [2.75, 3.05) is 13.1 Å². The second kappa shape index (κ2) is 11.6. The number of aryl methyl sites for hydroxylation is 1. The van der Waals surface area contributed by atoms with Crippen LogP contribution in [0, 0.1) is 6.92 Å². The van der Waals surface area contributed by atoms with Crippen LogP contribution >= 0.6 is 24.0 Å². The number of benzene rings is 2. The van der Waals surface area contributed by atoms with Crippen molar-refractivity contribution >= 4 is 35.8 Å². The van der Waals surface area contributed by atoms with Gasteiger partial charge in [0.15, 0.2) is 5.96 Å². The van der Waals surface area contributed by atoms with Gasteiger partial charge >= 0.3 is 0 Å². The van der Waals surface area contributed by atoms with Crippen molar-refractivity contribution in [1.82, 2.24) is 16.0 Å². The van der Waals surface area contributed by atoms with Crippen LogP contribution in [-0.2, 0) is 11.3 Å². The molecule has 1 heterocycles. The summed E-state index contributed by atoms with van der Waals surface area (Å²) in [5, 5.41) is 9.57. The summed E-state index contributed by atoms with van der Waals surface area (Å²) in [6, 6.07) is 16.1. The van der Waals surface area contributed by atoms with Crippen molar-refractivity contribution in [1.29, 1.82) is 0 Å². The number of nitrogens with one attached hydrogen (secondary N) is 3. The van der Waals surface area contributed by atoms with Crippen LogP contribution in [0.15, 0.2) is 53.5 Å². The quantitative estimate of drug-likeness (QED) is 0.316. The van der Waals surface area contributed by atoms with Crippen molar-refractivity contribution in [2.45, 2.75) is 39.3 Å². The number of ether oxygens (including phenoxy) is 1. The molecule has 0 spiro atoms. The number of hydrogen-bond acceptors (Lipinski definition) is 3. The Morgan fingerprint density at radius 1 is 1.24 bits per heavy atom. The molecular weight excluding hydrogens is 479 g/mol. The molecule has 156 valence electrons. The molecule has 2 aromatic carbocycles. The number of para-hydroxylation sites is 1. The highest BCUT2D eigenvalue weighted by atomic mass is 127. The van der Waals surface area contributed by atoms with Crippen LogP contribution in [-0.4, -0.2) is 31.0 Å². The fourth-order valence-corrected chi connectivity index (χ4v) is 3.07. The van der Waals surface area contributed by atoms with E-state index in [1.165, 1.54) is 0 Å². The number of rotatable bonds is 6. The third-order valence-electron chi connectivity index (χ3n) is 4.55. The van der Waals surface area contributed by atoms with Crippen LogP contribution in [0.4, 0.5) is 0 Å². The fourth-order valence-electron chi connectivity index (χ4n) is 3.07. The van der Waals surface area contributed by atoms with E-state index in [4.69, 9.17) is 9.73 Å². The van der Waals surface area contributed by atoms with Crippen LogP contribution in [0.25, 0.3) is 0 Å². The van der Waals surface area contributed by atoms with E-state index in [0.717, 1.165) is 41.6 Å². The molecule has 0 bridgehead atoms. The SMILES string of the molecule is CCNC(=NCc1ccccc1Oc1cccc(C)c1)NC1CCC(=O)NC1.I. The second-order valence-electron chi connectivity index (χ2n) is 6.91. The summed E-state index contributed by atoms with van der Waals surface area (Å²) < 4.78 is 6.09. The van der Waals surface area contributed by atoms with Gasteiger partial charge in [0.05, 0.1) is 6.54 Å². The summed E-state index contributed by atoms with van der Waals surface area (Å²) in [7, 11) is 0. The number of amides is 1. The number of hydrogen-bond donors (Lipinski definition) is 3. The molecule has 1 atom stereocenters. The van der Waals surface area contributed by atoms with Crippen LogP contribution in [0.2, 0.25) is 0 Å². The molecule has 1 amide bonds. The maximum absolute atomic E-state index is 11.3. The van der Waals surface area contributed by atoms with Gasteiger partial charge in [-0.05, 0) is 44.0 Å². The molecule has 0 saturated carbocycles. The molecule has 0 aromatic heterocycles. The highest BCUT2D eigenvalue weighted by Crippen LogP contribution is 2.26. The predicted molar refractivity (Wildman–Crippen MR) is 127 cm³/mol. The average molecular weight is 508 g/mol. The first-order valence-corrected chi connectivity index (χ1v) is 9.78. The zero-order chi connectivity index (χ0) is 19.8. The Morgan fingerprint density at radius 2 is 2.07 bits per heavy atom. The minimum Gasteiger partial charge on any atom is -0.457 e. The van der Waals surface area contributed by atoms with E-state index >= 15 is 0 Å². The van der Waals surface area contributed by atoms with E-state index < -0.39 is 0 Å². The van der Waals surface area contributed by atoms with E-state index in [2.05, 4.69) is 16.0 Å². The van der Waals surface area contributed by atoms with E-state index in [1.807, 2.05) is 62.4 Å². The molecule has 3 rings (SSSR count). The number of carbonyl (C=O) groups excluding carboxylic acids is 1. The number of piperidine rings is 1. The van der Waals surface area contributed by atoms with Crippen LogP contribution in [0.1, 0.15) is 30.9 Å². The van der Waals surface area contributed by atoms with Gasteiger partial charge in [0, 0.05) is 31.1 Å². The smallest absolute Gasteiger partial charge is 0.220 e. The van der Waals surface area contributed by atoms with Gasteiger partial charge in [-0.25, -0.2) is 4.99 Å². The molecule has 1 fully saturated rings. The van der Waals surface area contributed by atoms with Crippen molar-refractivity contribution < 1.29 is 9.53 Å².